The number of hydrogen-bond donors (Lipinski definition) is 1. The van der Waals surface area contributed by atoms with Crippen molar-refractivity contribution in [2.45, 2.75) is 26.3 Å². The van der Waals surface area contributed by atoms with Crippen molar-refractivity contribution < 1.29 is 13.9 Å². The largest absolute Gasteiger partial charge is 0.491 e. The Morgan fingerprint density at radius 2 is 2.24 bits per heavy atom. The van der Waals surface area contributed by atoms with Gasteiger partial charge in [-0.1, -0.05) is 12.1 Å². The molecule has 1 N–H and O–H groups in total. The molecule has 112 valence electrons. The van der Waals surface area contributed by atoms with Crippen LogP contribution in [0.2, 0.25) is 0 Å². The molecule has 1 aromatic heterocycles. The van der Waals surface area contributed by atoms with Crippen molar-refractivity contribution in [2.75, 3.05) is 6.61 Å². The van der Waals surface area contributed by atoms with E-state index in [1.54, 1.807) is 35.7 Å². The molecule has 0 unspecified atom stereocenters. The van der Waals surface area contributed by atoms with E-state index in [0.717, 1.165) is 9.88 Å². The van der Waals surface area contributed by atoms with Gasteiger partial charge in [-0.3, -0.25) is 4.79 Å². The summed E-state index contributed by atoms with van der Waals surface area (Å²) in [7, 11) is 0. The first kappa shape index (κ1) is 15.4. The van der Waals surface area contributed by atoms with Gasteiger partial charge in [-0.15, -0.1) is 11.3 Å². The summed E-state index contributed by atoms with van der Waals surface area (Å²) >= 11 is 1.56. The van der Waals surface area contributed by atoms with Crippen LogP contribution < -0.4 is 10.1 Å². The zero-order chi connectivity index (χ0) is 15.1. The first-order valence-corrected chi connectivity index (χ1v) is 7.52. The minimum atomic E-state index is -0.387. The Kier molecular flexibility index (Phi) is 5.68. The van der Waals surface area contributed by atoms with E-state index in [-0.39, 0.29) is 17.5 Å². The van der Waals surface area contributed by atoms with Gasteiger partial charge in [0.1, 0.15) is 0 Å². The predicted octanol–water partition coefficient (Wildman–Crippen LogP) is 3.07. The Morgan fingerprint density at radius 1 is 1.43 bits per heavy atom. The lowest BCUT2D eigenvalue weighted by Gasteiger charge is -2.07. The zero-order valence-corrected chi connectivity index (χ0v) is 12.6. The number of halogens is 1. The normalized spacial score (nSPS) is 10.4. The number of thiazole rings is 1. The minimum Gasteiger partial charge on any atom is -0.491 e. The van der Waals surface area contributed by atoms with Crippen molar-refractivity contribution in [3.8, 4) is 5.75 Å². The summed E-state index contributed by atoms with van der Waals surface area (Å²) in [5, 5.41) is 3.81. The fourth-order valence-corrected chi connectivity index (χ4v) is 2.47. The van der Waals surface area contributed by atoms with Crippen molar-refractivity contribution in [3.63, 3.8) is 0 Å². The SMILES string of the molecule is Cc1ncc(CNC(=O)CCCOc2ccccc2F)s1. The van der Waals surface area contributed by atoms with Crippen LogP contribution in [0.1, 0.15) is 22.7 Å². The molecule has 1 aromatic carbocycles. The molecule has 0 aliphatic heterocycles. The third kappa shape index (κ3) is 5.15. The maximum Gasteiger partial charge on any atom is 0.220 e. The van der Waals surface area contributed by atoms with Gasteiger partial charge in [0.2, 0.25) is 5.91 Å². The second-order valence-corrected chi connectivity index (χ2v) is 5.82. The van der Waals surface area contributed by atoms with Gasteiger partial charge >= 0.3 is 0 Å². The molecule has 1 heterocycles. The molecule has 0 spiro atoms. The van der Waals surface area contributed by atoms with E-state index in [2.05, 4.69) is 10.3 Å². The summed E-state index contributed by atoms with van der Waals surface area (Å²) in [4.78, 5) is 16.8. The Labute approximate surface area is 127 Å². The van der Waals surface area contributed by atoms with Crippen LogP contribution in [0.25, 0.3) is 0 Å². The van der Waals surface area contributed by atoms with E-state index in [1.807, 2.05) is 6.92 Å². The number of para-hydroxylation sites is 1. The van der Waals surface area contributed by atoms with Gasteiger partial charge in [0.15, 0.2) is 11.6 Å². The highest BCUT2D eigenvalue weighted by molar-refractivity contribution is 7.11. The van der Waals surface area contributed by atoms with Crippen LogP contribution in [0.3, 0.4) is 0 Å². The topological polar surface area (TPSA) is 51.2 Å². The number of carbonyl (C=O) groups is 1. The summed E-state index contributed by atoms with van der Waals surface area (Å²) in [6, 6.07) is 6.24. The quantitative estimate of drug-likeness (QED) is 0.800. The van der Waals surface area contributed by atoms with Crippen molar-refractivity contribution >= 4 is 17.2 Å². The highest BCUT2D eigenvalue weighted by Crippen LogP contribution is 2.15. The lowest BCUT2D eigenvalue weighted by atomic mass is 10.3. The van der Waals surface area contributed by atoms with E-state index in [0.29, 0.717) is 26.0 Å². The van der Waals surface area contributed by atoms with Gasteiger partial charge in [0.05, 0.1) is 18.2 Å². The predicted molar refractivity (Wildman–Crippen MR) is 79.8 cm³/mol. The Bertz CT molecular complexity index is 601. The van der Waals surface area contributed by atoms with E-state index in [1.165, 1.54) is 6.07 Å². The second kappa shape index (κ2) is 7.73. The van der Waals surface area contributed by atoms with Gasteiger partial charge in [-0.25, -0.2) is 9.37 Å². The van der Waals surface area contributed by atoms with Gasteiger partial charge in [0.25, 0.3) is 0 Å². The van der Waals surface area contributed by atoms with Crippen LogP contribution in [0.15, 0.2) is 30.5 Å². The molecule has 1 amide bonds. The Morgan fingerprint density at radius 3 is 2.95 bits per heavy atom. The zero-order valence-electron chi connectivity index (χ0n) is 11.8. The molecule has 0 aliphatic carbocycles. The van der Waals surface area contributed by atoms with Gasteiger partial charge in [0, 0.05) is 17.5 Å². The average molecular weight is 308 g/mol. The molecule has 0 aliphatic rings. The molecule has 2 rings (SSSR count). The van der Waals surface area contributed by atoms with Crippen LogP contribution >= 0.6 is 11.3 Å². The Balaban J connectivity index is 1.62. The maximum absolute atomic E-state index is 13.3. The summed E-state index contributed by atoms with van der Waals surface area (Å²) in [6.07, 6.45) is 2.66. The monoisotopic (exact) mass is 308 g/mol. The maximum atomic E-state index is 13.3. The third-order valence-electron chi connectivity index (χ3n) is 2.77. The smallest absolute Gasteiger partial charge is 0.220 e. The first-order valence-electron chi connectivity index (χ1n) is 6.70. The van der Waals surface area contributed by atoms with E-state index < -0.39 is 0 Å². The summed E-state index contributed by atoms with van der Waals surface area (Å²) in [5.74, 6) is -0.209. The first-order chi connectivity index (χ1) is 10.1. The molecular weight excluding hydrogens is 291 g/mol. The number of carbonyl (C=O) groups excluding carboxylic acids is 1. The van der Waals surface area contributed by atoms with Crippen molar-refractivity contribution in [1.82, 2.24) is 10.3 Å². The molecule has 4 nitrogen and oxygen atoms in total. The van der Waals surface area contributed by atoms with Crippen molar-refractivity contribution in [2.24, 2.45) is 0 Å². The number of nitrogens with zero attached hydrogens (tertiary/aromatic N) is 1. The molecule has 0 bridgehead atoms. The minimum absolute atomic E-state index is 0.0433. The lowest BCUT2D eigenvalue weighted by Crippen LogP contribution is -2.22. The summed E-state index contributed by atoms with van der Waals surface area (Å²) in [6.45, 7) is 2.74. The van der Waals surface area contributed by atoms with Gasteiger partial charge < -0.3 is 10.1 Å². The fraction of sp³-hybridized carbons (Fsp3) is 0.333. The summed E-state index contributed by atoms with van der Waals surface area (Å²) < 4.78 is 18.6. The van der Waals surface area contributed by atoms with Crippen LogP contribution in [0.4, 0.5) is 4.39 Å². The number of nitrogens with one attached hydrogen (secondary N) is 1. The fourth-order valence-electron chi connectivity index (χ4n) is 1.74. The molecule has 2 aromatic rings. The highest BCUT2D eigenvalue weighted by Gasteiger charge is 2.05. The van der Waals surface area contributed by atoms with E-state index in [9.17, 15) is 9.18 Å². The number of rotatable bonds is 7. The average Bonchev–Trinajstić information content (AvgIpc) is 2.89. The van der Waals surface area contributed by atoms with Crippen molar-refractivity contribution in [1.29, 1.82) is 0 Å². The number of amides is 1. The van der Waals surface area contributed by atoms with Crippen LogP contribution in [0.5, 0.6) is 5.75 Å². The lowest BCUT2D eigenvalue weighted by molar-refractivity contribution is -0.121. The molecular formula is C15H17FN2O2S. The molecule has 6 heteroatoms. The summed E-state index contributed by atoms with van der Waals surface area (Å²) in [5.41, 5.74) is 0. The number of aryl methyl sites for hydroxylation is 1. The highest BCUT2D eigenvalue weighted by atomic mass is 32.1. The molecule has 0 atom stereocenters. The Hall–Kier alpha value is -1.95. The third-order valence-corrected chi connectivity index (χ3v) is 3.68. The number of benzene rings is 1. The van der Waals surface area contributed by atoms with Crippen LogP contribution in [-0.4, -0.2) is 17.5 Å². The molecule has 0 radical (unpaired) electrons. The standard InChI is InChI=1S/C15H17FN2O2S/c1-11-17-9-12(21-11)10-18-15(19)7-4-8-20-14-6-3-2-5-13(14)16/h2-3,5-6,9H,4,7-8,10H2,1H3,(H,18,19). The number of aromatic nitrogens is 1. The number of hydrogen-bond acceptors (Lipinski definition) is 4. The van der Waals surface area contributed by atoms with E-state index >= 15 is 0 Å². The number of ether oxygens (including phenoxy) is 1. The second-order valence-electron chi connectivity index (χ2n) is 4.50. The van der Waals surface area contributed by atoms with Gasteiger partial charge in [-0.05, 0) is 25.5 Å². The molecule has 0 saturated heterocycles. The molecule has 0 fully saturated rings. The molecule has 21 heavy (non-hydrogen) atoms. The van der Waals surface area contributed by atoms with Crippen molar-refractivity contribution in [3.05, 3.63) is 46.2 Å². The van der Waals surface area contributed by atoms with E-state index in [4.69, 9.17) is 4.74 Å². The molecule has 0 saturated carbocycles. The van der Waals surface area contributed by atoms with Crippen LogP contribution in [0, 0.1) is 12.7 Å². The van der Waals surface area contributed by atoms with Crippen LogP contribution in [-0.2, 0) is 11.3 Å². The van der Waals surface area contributed by atoms with Gasteiger partial charge in [-0.2, -0.15) is 0 Å².